The molecule has 0 aliphatic heterocycles. The highest BCUT2D eigenvalue weighted by molar-refractivity contribution is 5.97. The van der Waals surface area contributed by atoms with Gasteiger partial charge in [0.2, 0.25) is 0 Å². The minimum atomic E-state index is -0.370. The van der Waals surface area contributed by atoms with E-state index in [-0.39, 0.29) is 18.6 Å². The minimum Gasteiger partial charge on any atom is -0.394 e. The highest BCUT2D eigenvalue weighted by Gasteiger charge is 2.15. The molecule has 2 heterocycles. The fourth-order valence-corrected chi connectivity index (χ4v) is 2.78. The Morgan fingerprint density at radius 1 is 1.21 bits per heavy atom. The van der Waals surface area contributed by atoms with Crippen LogP contribution in [-0.4, -0.2) is 33.6 Å². The maximum atomic E-state index is 12.7. The zero-order valence-electron chi connectivity index (χ0n) is 15.7. The molecule has 1 amide bonds. The van der Waals surface area contributed by atoms with E-state index < -0.39 is 0 Å². The average molecular weight is 372 g/mol. The molecule has 0 bridgehead atoms. The van der Waals surface area contributed by atoms with Gasteiger partial charge < -0.3 is 10.4 Å². The molecule has 6 heteroatoms. The van der Waals surface area contributed by atoms with E-state index in [1.165, 1.54) is 0 Å². The zero-order chi connectivity index (χ0) is 20.1. The molecule has 0 spiro atoms. The number of nitrogens with zero attached hydrogens (tertiary/aromatic N) is 3. The van der Waals surface area contributed by atoms with Crippen molar-refractivity contribution < 1.29 is 9.90 Å². The molecular formula is C22H20N4O2. The Kier molecular flexibility index (Phi) is 5.78. The number of nitrogens with one attached hydrogen (secondary N) is 1. The van der Waals surface area contributed by atoms with E-state index in [0.717, 1.165) is 16.8 Å². The molecule has 1 aromatic carbocycles. The fraction of sp³-hybridized carbons (Fsp3) is 0.182. The van der Waals surface area contributed by atoms with E-state index in [2.05, 4.69) is 21.4 Å². The first-order valence-electron chi connectivity index (χ1n) is 8.86. The standard InChI is InChI=1S/C22H20N4O2/c1-14-3-4-21(25-11-14)18-7-17(20-12-24-6-5-16(20)10-23)8-19(9-18)22(28)26-15(2)13-27/h3-9,11-12,15,27H,13H2,1-2H3,(H,26,28). The number of nitriles is 1. The maximum Gasteiger partial charge on any atom is 0.251 e. The van der Waals surface area contributed by atoms with Gasteiger partial charge in [0.15, 0.2) is 0 Å². The van der Waals surface area contributed by atoms with Crippen LogP contribution in [-0.2, 0) is 0 Å². The first-order chi connectivity index (χ1) is 13.5. The molecule has 2 N–H and O–H groups in total. The number of amides is 1. The molecule has 1 atom stereocenters. The summed E-state index contributed by atoms with van der Waals surface area (Å²) in [6.45, 7) is 3.52. The summed E-state index contributed by atoms with van der Waals surface area (Å²) in [5.41, 5.74) is 4.75. The van der Waals surface area contributed by atoms with Gasteiger partial charge in [-0.3, -0.25) is 14.8 Å². The molecule has 0 aliphatic rings. The minimum absolute atomic E-state index is 0.154. The SMILES string of the molecule is Cc1ccc(-c2cc(C(=O)NC(C)CO)cc(-c3cnccc3C#N)c2)nc1. The van der Waals surface area contributed by atoms with Gasteiger partial charge in [-0.2, -0.15) is 5.26 Å². The Hall–Kier alpha value is -3.56. The van der Waals surface area contributed by atoms with Gasteiger partial charge in [0.25, 0.3) is 5.91 Å². The largest absolute Gasteiger partial charge is 0.394 e. The Balaban J connectivity index is 2.15. The summed E-state index contributed by atoms with van der Waals surface area (Å²) >= 11 is 0. The number of aryl methyl sites for hydroxylation is 1. The van der Waals surface area contributed by atoms with Crippen LogP contribution in [0.4, 0.5) is 0 Å². The molecule has 0 saturated carbocycles. The van der Waals surface area contributed by atoms with Crippen molar-refractivity contribution >= 4 is 5.91 Å². The molecular weight excluding hydrogens is 352 g/mol. The topological polar surface area (TPSA) is 98.9 Å². The molecule has 3 aromatic rings. The molecule has 1 unspecified atom stereocenters. The first kappa shape index (κ1) is 19.2. The number of aliphatic hydroxyl groups excluding tert-OH is 1. The van der Waals surface area contributed by atoms with Crippen LogP contribution in [0.5, 0.6) is 0 Å². The number of rotatable bonds is 5. The molecule has 2 aromatic heterocycles. The predicted molar refractivity (Wildman–Crippen MR) is 106 cm³/mol. The van der Waals surface area contributed by atoms with Crippen molar-refractivity contribution in [2.75, 3.05) is 6.61 Å². The number of aromatic nitrogens is 2. The van der Waals surface area contributed by atoms with Crippen molar-refractivity contribution in [1.29, 1.82) is 5.26 Å². The second-order valence-electron chi connectivity index (χ2n) is 6.61. The molecule has 140 valence electrons. The summed E-state index contributed by atoms with van der Waals surface area (Å²) in [5.74, 6) is -0.306. The third-order valence-electron chi connectivity index (χ3n) is 4.31. The summed E-state index contributed by atoms with van der Waals surface area (Å²) in [5, 5.41) is 21.4. The predicted octanol–water partition coefficient (Wildman–Crippen LogP) is 3.10. The van der Waals surface area contributed by atoms with E-state index in [0.29, 0.717) is 22.3 Å². The second kappa shape index (κ2) is 8.42. The number of carbonyl (C=O) groups is 1. The lowest BCUT2D eigenvalue weighted by Gasteiger charge is -2.14. The van der Waals surface area contributed by atoms with Crippen molar-refractivity contribution in [3.05, 3.63) is 71.7 Å². The van der Waals surface area contributed by atoms with Crippen LogP contribution in [0.2, 0.25) is 0 Å². The number of carbonyl (C=O) groups excluding carboxylic acids is 1. The van der Waals surface area contributed by atoms with Gasteiger partial charge >= 0.3 is 0 Å². The third-order valence-corrected chi connectivity index (χ3v) is 4.31. The number of aliphatic hydroxyl groups is 1. The van der Waals surface area contributed by atoms with Crippen LogP contribution in [0.25, 0.3) is 22.4 Å². The summed E-state index contributed by atoms with van der Waals surface area (Å²) in [6, 6.07) is 12.6. The average Bonchev–Trinajstić information content (AvgIpc) is 2.73. The van der Waals surface area contributed by atoms with Gasteiger partial charge in [-0.1, -0.05) is 6.07 Å². The zero-order valence-corrected chi connectivity index (χ0v) is 15.7. The van der Waals surface area contributed by atoms with Crippen molar-refractivity contribution in [2.45, 2.75) is 19.9 Å². The summed E-state index contributed by atoms with van der Waals surface area (Å²) in [6.07, 6.45) is 4.93. The highest BCUT2D eigenvalue weighted by atomic mass is 16.3. The third kappa shape index (κ3) is 4.22. The van der Waals surface area contributed by atoms with Crippen LogP contribution in [0.1, 0.15) is 28.4 Å². The second-order valence-corrected chi connectivity index (χ2v) is 6.61. The van der Waals surface area contributed by atoms with Crippen LogP contribution in [0.3, 0.4) is 0 Å². The van der Waals surface area contributed by atoms with Gasteiger partial charge in [-0.15, -0.1) is 0 Å². The quantitative estimate of drug-likeness (QED) is 0.717. The smallest absolute Gasteiger partial charge is 0.251 e. The van der Waals surface area contributed by atoms with Crippen LogP contribution in [0.15, 0.2) is 55.0 Å². The van der Waals surface area contributed by atoms with Gasteiger partial charge in [0.05, 0.1) is 23.9 Å². The van der Waals surface area contributed by atoms with Gasteiger partial charge in [0.1, 0.15) is 0 Å². The molecule has 28 heavy (non-hydrogen) atoms. The van der Waals surface area contributed by atoms with Crippen molar-refractivity contribution in [2.24, 2.45) is 0 Å². The van der Waals surface area contributed by atoms with Gasteiger partial charge in [0, 0.05) is 41.3 Å². The number of pyridine rings is 2. The van der Waals surface area contributed by atoms with E-state index >= 15 is 0 Å². The first-order valence-corrected chi connectivity index (χ1v) is 8.86. The van der Waals surface area contributed by atoms with E-state index in [1.807, 2.05) is 25.1 Å². The van der Waals surface area contributed by atoms with Crippen LogP contribution >= 0.6 is 0 Å². The lowest BCUT2D eigenvalue weighted by molar-refractivity contribution is 0.0922. The number of hydrogen-bond acceptors (Lipinski definition) is 5. The summed E-state index contributed by atoms with van der Waals surface area (Å²) in [7, 11) is 0. The van der Waals surface area contributed by atoms with E-state index in [1.54, 1.807) is 43.7 Å². The van der Waals surface area contributed by atoms with Crippen molar-refractivity contribution in [3.63, 3.8) is 0 Å². The molecule has 0 radical (unpaired) electrons. The lowest BCUT2D eigenvalue weighted by Crippen LogP contribution is -2.35. The molecule has 0 aliphatic carbocycles. The van der Waals surface area contributed by atoms with Crippen molar-refractivity contribution in [3.8, 4) is 28.5 Å². The Morgan fingerprint density at radius 3 is 2.68 bits per heavy atom. The summed E-state index contributed by atoms with van der Waals surface area (Å²) < 4.78 is 0. The van der Waals surface area contributed by atoms with Crippen molar-refractivity contribution in [1.82, 2.24) is 15.3 Å². The summed E-state index contributed by atoms with van der Waals surface area (Å²) in [4.78, 5) is 21.2. The van der Waals surface area contributed by atoms with Gasteiger partial charge in [-0.05, 0) is 55.3 Å². The number of hydrogen-bond donors (Lipinski definition) is 2. The Bertz CT molecular complexity index is 1040. The molecule has 0 fully saturated rings. The van der Waals surface area contributed by atoms with E-state index in [9.17, 15) is 15.2 Å². The molecule has 6 nitrogen and oxygen atoms in total. The fourth-order valence-electron chi connectivity index (χ4n) is 2.78. The van der Waals surface area contributed by atoms with E-state index in [4.69, 9.17) is 0 Å². The monoisotopic (exact) mass is 372 g/mol. The van der Waals surface area contributed by atoms with Crippen LogP contribution < -0.4 is 5.32 Å². The number of benzene rings is 1. The Morgan fingerprint density at radius 2 is 2.00 bits per heavy atom. The molecule has 3 rings (SSSR count). The van der Waals surface area contributed by atoms with Crippen LogP contribution in [0, 0.1) is 18.3 Å². The maximum absolute atomic E-state index is 12.7. The Labute approximate surface area is 163 Å². The molecule has 0 saturated heterocycles. The normalized spacial score (nSPS) is 11.5. The highest BCUT2D eigenvalue weighted by Crippen LogP contribution is 2.29. The lowest BCUT2D eigenvalue weighted by atomic mass is 9.96. The van der Waals surface area contributed by atoms with Gasteiger partial charge in [-0.25, -0.2) is 0 Å².